The lowest BCUT2D eigenvalue weighted by atomic mass is 10.1. The Morgan fingerprint density at radius 1 is 1.18 bits per heavy atom. The first-order chi connectivity index (χ1) is 7.84. The Kier molecular flexibility index (Phi) is 3.72. The average Bonchev–Trinajstić information content (AvgIpc) is 2.27. The number of carbonyl (C=O) groups is 2. The molecule has 0 heterocycles. The summed E-state index contributed by atoms with van der Waals surface area (Å²) in [5, 5.41) is 2.24. The zero-order valence-electron chi connectivity index (χ0n) is 8.67. The van der Waals surface area contributed by atoms with Gasteiger partial charge >= 0.3 is 12.3 Å². The summed E-state index contributed by atoms with van der Waals surface area (Å²) in [4.78, 5) is 21.6. The van der Waals surface area contributed by atoms with Gasteiger partial charge in [0.1, 0.15) is 0 Å². The lowest BCUT2D eigenvalue weighted by Crippen LogP contribution is -2.22. The second-order valence-corrected chi connectivity index (χ2v) is 3.02. The molecule has 1 amide bonds. The van der Waals surface area contributed by atoms with Gasteiger partial charge in [0.2, 0.25) is 0 Å². The summed E-state index contributed by atoms with van der Waals surface area (Å²) in [6.45, 7) is 0. The molecule has 4 nitrogen and oxygen atoms in total. The van der Waals surface area contributed by atoms with E-state index in [0.29, 0.717) is 0 Å². The Balaban J connectivity index is 2.82. The van der Waals surface area contributed by atoms with Crippen LogP contribution in [-0.2, 0) is 4.74 Å². The quantitative estimate of drug-likeness (QED) is 0.817. The smallest absolute Gasteiger partial charge is 0.453 e. The zero-order chi connectivity index (χ0) is 13.1. The Bertz CT molecular complexity index is 425. The Morgan fingerprint density at radius 3 is 2.12 bits per heavy atom. The number of nitrogens with one attached hydrogen (secondary N) is 1. The van der Waals surface area contributed by atoms with Crippen LogP contribution in [0.3, 0.4) is 0 Å². The number of ether oxygens (including phenoxy) is 1. The van der Waals surface area contributed by atoms with E-state index in [0.717, 1.165) is 19.2 Å². The van der Waals surface area contributed by atoms with Crippen LogP contribution in [0.2, 0.25) is 0 Å². The molecule has 0 aliphatic heterocycles. The minimum atomic E-state index is -4.91. The minimum absolute atomic E-state index is 0.232. The number of ketones is 1. The van der Waals surface area contributed by atoms with Gasteiger partial charge in [-0.1, -0.05) is 0 Å². The highest BCUT2D eigenvalue weighted by Gasteiger charge is 2.39. The van der Waals surface area contributed by atoms with E-state index in [9.17, 15) is 22.8 Å². The summed E-state index contributed by atoms with van der Waals surface area (Å²) in [6, 6.07) is 4.30. The van der Waals surface area contributed by atoms with Crippen molar-refractivity contribution in [2.24, 2.45) is 0 Å². The lowest BCUT2D eigenvalue weighted by molar-refractivity contribution is -0.0885. The highest BCUT2D eigenvalue weighted by molar-refractivity contribution is 6.00. The molecule has 0 aromatic heterocycles. The average molecular weight is 247 g/mol. The summed E-state index contributed by atoms with van der Waals surface area (Å²) in [5.74, 6) is -1.93. The molecule has 0 fully saturated rings. The van der Waals surface area contributed by atoms with Gasteiger partial charge in [-0.2, -0.15) is 13.2 Å². The van der Waals surface area contributed by atoms with Crippen molar-refractivity contribution < 1.29 is 27.5 Å². The molecular formula is C10H8F3NO3. The normalized spacial score (nSPS) is 10.8. The van der Waals surface area contributed by atoms with Crippen LogP contribution in [0.5, 0.6) is 0 Å². The predicted molar refractivity (Wildman–Crippen MR) is 52.9 cm³/mol. The first kappa shape index (κ1) is 13.0. The number of anilines is 1. The maximum Gasteiger partial charge on any atom is 0.454 e. The van der Waals surface area contributed by atoms with Crippen LogP contribution in [0.4, 0.5) is 23.7 Å². The van der Waals surface area contributed by atoms with Crippen molar-refractivity contribution >= 4 is 17.6 Å². The van der Waals surface area contributed by atoms with Crippen LogP contribution >= 0.6 is 0 Å². The van der Waals surface area contributed by atoms with Crippen LogP contribution in [0.1, 0.15) is 10.4 Å². The molecule has 7 heteroatoms. The van der Waals surface area contributed by atoms with Crippen molar-refractivity contribution in [3.63, 3.8) is 0 Å². The Labute approximate surface area is 94.4 Å². The maximum atomic E-state index is 12.1. The molecule has 0 atom stereocenters. The van der Waals surface area contributed by atoms with Crippen molar-refractivity contribution in [2.45, 2.75) is 6.18 Å². The molecule has 0 saturated carbocycles. The minimum Gasteiger partial charge on any atom is -0.453 e. The molecule has 1 N–H and O–H groups in total. The first-order valence-corrected chi connectivity index (χ1v) is 4.41. The molecular weight excluding hydrogens is 239 g/mol. The van der Waals surface area contributed by atoms with Crippen molar-refractivity contribution in [3.05, 3.63) is 29.8 Å². The van der Waals surface area contributed by atoms with E-state index in [1.807, 2.05) is 0 Å². The van der Waals surface area contributed by atoms with E-state index >= 15 is 0 Å². The molecule has 1 rings (SSSR count). The van der Waals surface area contributed by atoms with E-state index in [1.54, 1.807) is 0 Å². The monoisotopic (exact) mass is 247 g/mol. The van der Waals surface area contributed by atoms with Gasteiger partial charge in [0.15, 0.2) is 0 Å². The maximum absolute atomic E-state index is 12.1. The van der Waals surface area contributed by atoms with Gasteiger partial charge in [0.25, 0.3) is 5.78 Å². The fourth-order valence-electron chi connectivity index (χ4n) is 1.04. The lowest BCUT2D eigenvalue weighted by Gasteiger charge is -2.06. The molecule has 92 valence electrons. The number of amides is 1. The van der Waals surface area contributed by atoms with E-state index in [4.69, 9.17) is 0 Å². The van der Waals surface area contributed by atoms with Gasteiger partial charge in [-0.05, 0) is 24.3 Å². The number of Topliss-reactive ketones (excluding diaryl/α,β-unsaturated/α-hetero) is 1. The van der Waals surface area contributed by atoms with Gasteiger partial charge < -0.3 is 4.74 Å². The first-order valence-electron chi connectivity index (χ1n) is 4.41. The van der Waals surface area contributed by atoms with Crippen molar-refractivity contribution in [2.75, 3.05) is 12.4 Å². The van der Waals surface area contributed by atoms with Gasteiger partial charge in [-0.15, -0.1) is 0 Å². The van der Waals surface area contributed by atoms with Crippen LogP contribution in [0, 0.1) is 0 Å². The molecule has 0 bridgehead atoms. The molecule has 0 saturated heterocycles. The number of rotatable bonds is 2. The largest absolute Gasteiger partial charge is 0.454 e. The topological polar surface area (TPSA) is 55.4 Å². The molecule has 0 aliphatic rings. The molecule has 17 heavy (non-hydrogen) atoms. The predicted octanol–water partition coefficient (Wildman–Crippen LogP) is 2.61. The molecule has 0 aliphatic carbocycles. The highest BCUT2D eigenvalue weighted by Crippen LogP contribution is 2.22. The summed E-state index contributed by atoms with van der Waals surface area (Å²) < 4.78 is 40.5. The number of benzene rings is 1. The molecule has 0 unspecified atom stereocenters. The number of hydrogen-bond donors (Lipinski definition) is 1. The number of carbonyl (C=O) groups excluding carboxylic acids is 2. The number of methoxy groups -OCH3 is 1. The SMILES string of the molecule is COC(=O)Nc1ccc(C(=O)C(F)(F)F)cc1. The summed E-state index contributed by atoms with van der Waals surface area (Å²) in [6.07, 6.45) is -5.66. The second-order valence-electron chi connectivity index (χ2n) is 3.02. The van der Waals surface area contributed by atoms with Crippen LogP contribution in [0.15, 0.2) is 24.3 Å². The van der Waals surface area contributed by atoms with Gasteiger partial charge in [-0.25, -0.2) is 4.79 Å². The number of hydrogen-bond acceptors (Lipinski definition) is 3. The van der Waals surface area contributed by atoms with Crippen LogP contribution in [0.25, 0.3) is 0 Å². The molecule has 0 spiro atoms. The van der Waals surface area contributed by atoms with E-state index < -0.39 is 23.6 Å². The Hall–Kier alpha value is -2.05. The third-order valence-corrected chi connectivity index (χ3v) is 1.84. The fraction of sp³-hybridized carbons (Fsp3) is 0.200. The summed E-state index contributed by atoms with van der Waals surface area (Å²) >= 11 is 0. The molecule has 1 aromatic rings. The third-order valence-electron chi connectivity index (χ3n) is 1.84. The van der Waals surface area contributed by atoms with E-state index in [-0.39, 0.29) is 5.69 Å². The van der Waals surface area contributed by atoms with Crippen molar-refractivity contribution in [1.29, 1.82) is 0 Å². The van der Waals surface area contributed by atoms with Gasteiger partial charge in [-0.3, -0.25) is 10.1 Å². The van der Waals surface area contributed by atoms with Crippen molar-refractivity contribution in [1.82, 2.24) is 0 Å². The zero-order valence-corrected chi connectivity index (χ0v) is 8.67. The standard InChI is InChI=1S/C10H8F3NO3/c1-17-9(16)14-7-4-2-6(3-5-7)8(15)10(11,12)13/h2-5H,1H3,(H,14,16). The van der Waals surface area contributed by atoms with Crippen LogP contribution in [-0.4, -0.2) is 25.2 Å². The Morgan fingerprint density at radius 2 is 1.71 bits per heavy atom. The molecule has 1 aromatic carbocycles. The third kappa shape index (κ3) is 3.47. The number of alkyl halides is 3. The number of halogens is 3. The molecule has 0 radical (unpaired) electrons. The van der Waals surface area contributed by atoms with Gasteiger partial charge in [0, 0.05) is 11.3 Å². The summed E-state index contributed by atoms with van der Waals surface area (Å²) in [5.41, 5.74) is -0.261. The van der Waals surface area contributed by atoms with Gasteiger partial charge in [0.05, 0.1) is 7.11 Å². The van der Waals surface area contributed by atoms with Crippen LogP contribution < -0.4 is 5.32 Å². The van der Waals surface area contributed by atoms with E-state index in [1.165, 1.54) is 12.1 Å². The summed E-state index contributed by atoms with van der Waals surface area (Å²) in [7, 11) is 1.15. The fourth-order valence-corrected chi connectivity index (χ4v) is 1.04. The second kappa shape index (κ2) is 4.86. The highest BCUT2D eigenvalue weighted by atomic mass is 19.4. The van der Waals surface area contributed by atoms with E-state index in [2.05, 4.69) is 10.1 Å². The van der Waals surface area contributed by atoms with Crippen molar-refractivity contribution in [3.8, 4) is 0 Å².